The molecule has 3 aromatic carbocycles. The number of amidine groups is 1. The molecule has 0 bridgehead atoms. The molecule has 0 aliphatic rings. The van der Waals surface area contributed by atoms with E-state index in [0.29, 0.717) is 29.5 Å². The fourth-order valence-electron chi connectivity index (χ4n) is 3.15. The van der Waals surface area contributed by atoms with Gasteiger partial charge in [0, 0.05) is 19.2 Å². The first kappa shape index (κ1) is 23.8. The molecule has 3 aromatic rings. The third-order valence-electron chi connectivity index (χ3n) is 4.89. The van der Waals surface area contributed by atoms with Gasteiger partial charge in [0.05, 0.1) is 32.0 Å². The van der Waals surface area contributed by atoms with Gasteiger partial charge in [-0.05, 0) is 53.8 Å². The Labute approximate surface area is 199 Å². The van der Waals surface area contributed by atoms with E-state index >= 15 is 0 Å². The topological polar surface area (TPSA) is 43.3 Å². The van der Waals surface area contributed by atoms with Gasteiger partial charge in [0.2, 0.25) is 0 Å². The second-order valence-electron chi connectivity index (χ2n) is 6.97. The van der Waals surface area contributed by atoms with Crippen molar-refractivity contribution >= 4 is 34.2 Å². The quantitative estimate of drug-likeness (QED) is 0.281. The lowest BCUT2D eigenvalue weighted by Gasteiger charge is -2.26. The number of halogens is 1. The van der Waals surface area contributed by atoms with Gasteiger partial charge in [-0.15, -0.1) is 0 Å². The Morgan fingerprint density at radius 2 is 1.25 bits per heavy atom. The summed E-state index contributed by atoms with van der Waals surface area (Å²) in [6, 6.07) is 21.6. The zero-order chi connectivity index (χ0) is 22.9. The highest BCUT2D eigenvalue weighted by molar-refractivity contribution is 8.13. The number of hydrogen-bond acceptors (Lipinski definition) is 5. The first-order valence-corrected chi connectivity index (χ1v) is 11.6. The van der Waals surface area contributed by atoms with Crippen molar-refractivity contribution in [2.24, 2.45) is 4.99 Å². The SMILES string of the molecule is COc1ccc(CN(Cc2ccc(OC)cc2)C(=Nc2cc(OC)ccc2Cl)SC)cc1. The highest BCUT2D eigenvalue weighted by Crippen LogP contribution is 2.31. The molecule has 0 heterocycles. The third-order valence-corrected chi connectivity index (χ3v) is 5.92. The molecule has 3 rings (SSSR count). The van der Waals surface area contributed by atoms with Crippen LogP contribution < -0.4 is 14.2 Å². The maximum atomic E-state index is 6.43. The smallest absolute Gasteiger partial charge is 0.164 e. The van der Waals surface area contributed by atoms with Crippen LogP contribution in [0.25, 0.3) is 0 Å². The van der Waals surface area contributed by atoms with E-state index < -0.39 is 0 Å². The van der Waals surface area contributed by atoms with Crippen LogP contribution in [-0.4, -0.2) is 37.7 Å². The van der Waals surface area contributed by atoms with Gasteiger partial charge in [-0.25, -0.2) is 4.99 Å². The second-order valence-corrected chi connectivity index (χ2v) is 8.15. The standard InChI is InChI=1S/C25H27ClN2O3S/c1-29-20-9-5-18(6-10-20)16-28(17-19-7-11-21(30-2)12-8-19)25(32-4)27-24-15-22(31-3)13-14-23(24)26/h5-15H,16-17H2,1-4H3. The van der Waals surface area contributed by atoms with Gasteiger partial charge in [0.25, 0.3) is 0 Å². The Balaban J connectivity index is 1.95. The van der Waals surface area contributed by atoms with Gasteiger partial charge in [0.15, 0.2) is 5.17 Å². The van der Waals surface area contributed by atoms with Gasteiger partial charge < -0.3 is 19.1 Å². The monoisotopic (exact) mass is 470 g/mol. The van der Waals surface area contributed by atoms with E-state index in [1.165, 1.54) is 0 Å². The van der Waals surface area contributed by atoms with Gasteiger partial charge in [0.1, 0.15) is 17.2 Å². The third kappa shape index (κ3) is 6.34. The van der Waals surface area contributed by atoms with Crippen LogP contribution in [0.1, 0.15) is 11.1 Å². The Hall–Kier alpha value is -2.83. The molecule has 5 nitrogen and oxygen atoms in total. The fourth-order valence-corrected chi connectivity index (χ4v) is 3.88. The largest absolute Gasteiger partial charge is 0.497 e. The molecule has 0 amide bonds. The molecule has 0 atom stereocenters. The summed E-state index contributed by atoms with van der Waals surface area (Å²) in [5, 5.41) is 1.43. The van der Waals surface area contributed by atoms with Crippen LogP contribution in [0, 0.1) is 0 Å². The Morgan fingerprint density at radius 3 is 1.69 bits per heavy atom. The molecule has 0 N–H and O–H groups in total. The molecular weight excluding hydrogens is 444 g/mol. The molecular formula is C25H27ClN2O3S. The lowest BCUT2D eigenvalue weighted by molar-refractivity contribution is 0.405. The van der Waals surface area contributed by atoms with Crippen molar-refractivity contribution in [3.05, 3.63) is 82.9 Å². The van der Waals surface area contributed by atoms with Gasteiger partial charge in [-0.1, -0.05) is 47.6 Å². The summed E-state index contributed by atoms with van der Waals surface area (Å²) >= 11 is 8.00. The molecule has 0 aliphatic carbocycles. The van der Waals surface area contributed by atoms with E-state index in [2.05, 4.69) is 29.2 Å². The summed E-state index contributed by atoms with van der Waals surface area (Å²) in [4.78, 5) is 7.12. The normalized spacial score (nSPS) is 11.2. The van der Waals surface area contributed by atoms with Crippen LogP contribution in [0.4, 0.5) is 5.69 Å². The molecule has 0 saturated carbocycles. The number of hydrogen-bond donors (Lipinski definition) is 0. The Bertz CT molecular complexity index is 991. The minimum absolute atomic E-state index is 0.575. The van der Waals surface area contributed by atoms with Crippen molar-refractivity contribution in [1.29, 1.82) is 0 Å². The predicted octanol–water partition coefficient (Wildman–Crippen LogP) is 6.42. The van der Waals surface area contributed by atoms with E-state index in [1.54, 1.807) is 39.2 Å². The molecule has 0 fully saturated rings. The average Bonchev–Trinajstić information content (AvgIpc) is 2.84. The molecule has 0 spiro atoms. The summed E-state index contributed by atoms with van der Waals surface area (Å²) in [5.74, 6) is 2.38. The molecule has 0 radical (unpaired) electrons. The second kappa shape index (κ2) is 11.7. The van der Waals surface area contributed by atoms with Crippen molar-refractivity contribution in [2.45, 2.75) is 13.1 Å². The molecule has 0 aliphatic heterocycles. The highest BCUT2D eigenvalue weighted by Gasteiger charge is 2.14. The first-order valence-electron chi connectivity index (χ1n) is 10.0. The summed E-state index contributed by atoms with van der Waals surface area (Å²) in [6.45, 7) is 1.36. The summed E-state index contributed by atoms with van der Waals surface area (Å²) < 4.78 is 15.9. The van der Waals surface area contributed by atoms with Crippen molar-refractivity contribution in [2.75, 3.05) is 27.6 Å². The molecule has 32 heavy (non-hydrogen) atoms. The molecule has 0 aromatic heterocycles. The van der Waals surface area contributed by atoms with Crippen LogP contribution in [0.5, 0.6) is 17.2 Å². The van der Waals surface area contributed by atoms with E-state index in [1.807, 2.05) is 42.7 Å². The zero-order valence-electron chi connectivity index (χ0n) is 18.7. The van der Waals surface area contributed by atoms with Crippen molar-refractivity contribution < 1.29 is 14.2 Å². The molecule has 0 saturated heterocycles. The minimum atomic E-state index is 0.575. The lowest BCUT2D eigenvalue weighted by atomic mass is 10.1. The predicted molar refractivity (Wildman–Crippen MR) is 134 cm³/mol. The van der Waals surface area contributed by atoms with Crippen molar-refractivity contribution in [3.8, 4) is 17.2 Å². The van der Waals surface area contributed by atoms with E-state index in [4.69, 9.17) is 30.8 Å². The van der Waals surface area contributed by atoms with Crippen LogP contribution in [0.2, 0.25) is 5.02 Å². The van der Waals surface area contributed by atoms with Gasteiger partial charge >= 0.3 is 0 Å². The number of benzene rings is 3. The first-order chi connectivity index (χ1) is 15.6. The summed E-state index contributed by atoms with van der Waals surface area (Å²) in [5.41, 5.74) is 2.97. The fraction of sp³-hybridized carbons (Fsp3) is 0.240. The maximum absolute atomic E-state index is 6.43. The average molecular weight is 471 g/mol. The molecule has 168 valence electrons. The van der Waals surface area contributed by atoms with Gasteiger partial charge in [-0.3, -0.25) is 0 Å². The lowest BCUT2D eigenvalue weighted by Crippen LogP contribution is -2.27. The Kier molecular flexibility index (Phi) is 8.71. The maximum Gasteiger partial charge on any atom is 0.164 e. The van der Waals surface area contributed by atoms with Crippen LogP contribution in [-0.2, 0) is 13.1 Å². The summed E-state index contributed by atoms with van der Waals surface area (Å²) in [6.07, 6.45) is 2.02. The van der Waals surface area contributed by atoms with Crippen LogP contribution in [0.15, 0.2) is 71.7 Å². The van der Waals surface area contributed by atoms with E-state index in [9.17, 15) is 0 Å². The van der Waals surface area contributed by atoms with Gasteiger partial charge in [-0.2, -0.15) is 0 Å². The Morgan fingerprint density at radius 1 is 0.781 bits per heavy atom. The zero-order valence-corrected chi connectivity index (χ0v) is 20.2. The van der Waals surface area contributed by atoms with E-state index in [-0.39, 0.29) is 0 Å². The number of ether oxygens (including phenoxy) is 3. The minimum Gasteiger partial charge on any atom is -0.497 e. The number of methoxy groups -OCH3 is 3. The van der Waals surface area contributed by atoms with Crippen molar-refractivity contribution in [1.82, 2.24) is 4.90 Å². The van der Waals surface area contributed by atoms with Crippen LogP contribution >= 0.6 is 23.4 Å². The number of rotatable bonds is 8. The molecule has 7 heteroatoms. The number of nitrogens with zero attached hydrogens (tertiary/aromatic N) is 2. The summed E-state index contributed by atoms with van der Waals surface area (Å²) in [7, 11) is 4.97. The number of thioether (sulfide) groups is 1. The van der Waals surface area contributed by atoms with Crippen molar-refractivity contribution in [3.63, 3.8) is 0 Å². The number of aliphatic imine (C=N–C) groups is 1. The van der Waals surface area contributed by atoms with Crippen LogP contribution in [0.3, 0.4) is 0 Å². The molecule has 0 unspecified atom stereocenters. The highest BCUT2D eigenvalue weighted by atomic mass is 35.5. The van der Waals surface area contributed by atoms with E-state index in [0.717, 1.165) is 27.8 Å².